The van der Waals surface area contributed by atoms with E-state index in [0.717, 1.165) is 11.8 Å². The molecule has 2 atom stereocenters. The molecule has 17 heavy (non-hydrogen) atoms. The van der Waals surface area contributed by atoms with Gasteiger partial charge in [-0.3, -0.25) is 0 Å². The molecule has 0 heteroatoms. The molecular formula is C17H18. The van der Waals surface area contributed by atoms with Gasteiger partial charge in [0.1, 0.15) is 0 Å². The molecule has 0 spiro atoms. The highest BCUT2D eigenvalue weighted by atomic mass is 14.6. The second-order valence-electron chi connectivity index (χ2n) is 5.18. The summed E-state index contributed by atoms with van der Waals surface area (Å²) >= 11 is 0. The van der Waals surface area contributed by atoms with E-state index in [1.54, 1.807) is 0 Å². The minimum atomic E-state index is 0.252. The highest BCUT2D eigenvalue weighted by Crippen LogP contribution is 2.63. The Balaban J connectivity index is 2.14. The first-order valence-corrected chi connectivity index (χ1v) is 6.39. The summed E-state index contributed by atoms with van der Waals surface area (Å²) in [6.07, 6.45) is 0. The molecule has 0 N–H and O–H groups in total. The first-order chi connectivity index (χ1) is 8.28. The van der Waals surface area contributed by atoms with Gasteiger partial charge >= 0.3 is 0 Å². The lowest BCUT2D eigenvalue weighted by atomic mass is 9.84. The van der Waals surface area contributed by atoms with Crippen LogP contribution in [0.3, 0.4) is 0 Å². The molecule has 0 heterocycles. The topological polar surface area (TPSA) is 0 Å². The Morgan fingerprint density at radius 1 is 0.647 bits per heavy atom. The Hall–Kier alpha value is -1.56. The summed E-state index contributed by atoms with van der Waals surface area (Å²) in [5.74, 6) is 1.46. The van der Waals surface area contributed by atoms with E-state index >= 15 is 0 Å². The van der Waals surface area contributed by atoms with Crippen molar-refractivity contribution in [3.8, 4) is 0 Å². The fourth-order valence-corrected chi connectivity index (χ4v) is 3.42. The van der Waals surface area contributed by atoms with Gasteiger partial charge in [-0.05, 0) is 23.0 Å². The van der Waals surface area contributed by atoms with Crippen LogP contribution in [0.5, 0.6) is 0 Å². The molecule has 3 rings (SSSR count). The Labute approximate surface area is 103 Å². The van der Waals surface area contributed by atoms with Gasteiger partial charge < -0.3 is 0 Å². The standard InChI is InChI=1S/C17H18/c1-13-14(2)17(13,15-9-5-3-6-10-15)16-11-7-4-8-12-16/h3-14H,1-2H3. The van der Waals surface area contributed by atoms with Crippen LogP contribution in [0.2, 0.25) is 0 Å². The minimum absolute atomic E-state index is 0.252. The maximum atomic E-state index is 2.37. The average molecular weight is 222 g/mol. The smallest absolute Gasteiger partial charge is 0.0259 e. The van der Waals surface area contributed by atoms with E-state index in [0.29, 0.717) is 0 Å². The van der Waals surface area contributed by atoms with Gasteiger partial charge in [0.15, 0.2) is 0 Å². The van der Waals surface area contributed by atoms with Gasteiger partial charge in [0.2, 0.25) is 0 Å². The average Bonchev–Trinajstić information content (AvgIpc) is 2.95. The molecule has 0 amide bonds. The zero-order valence-corrected chi connectivity index (χ0v) is 10.4. The van der Waals surface area contributed by atoms with Gasteiger partial charge in [-0.1, -0.05) is 74.5 Å². The molecular weight excluding hydrogens is 204 g/mol. The summed E-state index contributed by atoms with van der Waals surface area (Å²) < 4.78 is 0. The first-order valence-electron chi connectivity index (χ1n) is 6.39. The Morgan fingerprint density at radius 2 is 1.00 bits per heavy atom. The molecule has 0 bridgehead atoms. The number of rotatable bonds is 2. The molecule has 86 valence electrons. The van der Waals surface area contributed by atoms with Crippen molar-refractivity contribution < 1.29 is 0 Å². The summed E-state index contributed by atoms with van der Waals surface area (Å²) in [6, 6.07) is 21.9. The van der Waals surface area contributed by atoms with Crippen LogP contribution in [0.15, 0.2) is 60.7 Å². The number of hydrogen-bond donors (Lipinski definition) is 0. The van der Waals surface area contributed by atoms with Crippen LogP contribution in [0.25, 0.3) is 0 Å². The molecule has 0 aliphatic heterocycles. The third kappa shape index (κ3) is 1.37. The van der Waals surface area contributed by atoms with Gasteiger partial charge in [0.05, 0.1) is 0 Å². The lowest BCUT2D eigenvalue weighted by Crippen LogP contribution is -2.12. The molecule has 0 aromatic heterocycles. The highest BCUT2D eigenvalue weighted by Gasteiger charge is 2.60. The van der Waals surface area contributed by atoms with Gasteiger partial charge in [0, 0.05) is 5.41 Å². The molecule has 2 aromatic carbocycles. The molecule has 1 aliphatic rings. The van der Waals surface area contributed by atoms with Crippen LogP contribution in [0, 0.1) is 11.8 Å². The molecule has 1 saturated carbocycles. The van der Waals surface area contributed by atoms with Gasteiger partial charge in [-0.2, -0.15) is 0 Å². The third-order valence-corrected chi connectivity index (χ3v) is 4.58. The predicted octanol–water partition coefficient (Wildman–Crippen LogP) is 4.26. The highest BCUT2D eigenvalue weighted by molar-refractivity contribution is 5.48. The van der Waals surface area contributed by atoms with Crippen molar-refractivity contribution in [3.63, 3.8) is 0 Å². The molecule has 2 aromatic rings. The van der Waals surface area contributed by atoms with E-state index in [2.05, 4.69) is 74.5 Å². The molecule has 1 aliphatic carbocycles. The van der Waals surface area contributed by atoms with Gasteiger partial charge in [-0.15, -0.1) is 0 Å². The van der Waals surface area contributed by atoms with E-state index in [-0.39, 0.29) is 5.41 Å². The number of benzene rings is 2. The van der Waals surface area contributed by atoms with Crippen molar-refractivity contribution in [3.05, 3.63) is 71.8 Å². The van der Waals surface area contributed by atoms with Gasteiger partial charge in [0.25, 0.3) is 0 Å². The molecule has 1 fully saturated rings. The Kier molecular flexibility index (Phi) is 2.32. The second-order valence-corrected chi connectivity index (χ2v) is 5.18. The molecule has 0 saturated heterocycles. The normalized spacial score (nSPS) is 25.5. The largest absolute Gasteiger partial charge is 0.0622 e. The molecule has 0 nitrogen and oxygen atoms in total. The quantitative estimate of drug-likeness (QED) is 0.712. The molecule has 2 unspecified atom stereocenters. The van der Waals surface area contributed by atoms with E-state index in [9.17, 15) is 0 Å². The van der Waals surface area contributed by atoms with Crippen molar-refractivity contribution in [2.45, 2.75) is 19.3 Å². The van der Waals surface area contributed by atoms with Crippen LogP contribution in [0.4, 0.5) is 0 Å². The fourth-order valence-electron chi connectivity index (χ4n) is 3.42. The van der Waals surface area contributed by atoms with Crippen LogP contribution in [-0.2, 0) is 5.41 Å². The van der Waals surface area contributed by atoms with E-state index in [1.165, 1.54) is 11.1 Å². The van der Waals surface area contributed by atoms with Gasteiger partial charge in [-0.25, -0.2) is 0 Å². The molecule has 0 radical (unpaired) electrons. The summed E-state index contributed by atoms with van der Waals surface area (Å²) in [6.45, 7) is 4.73. The Morgan fingerprint density at radius 3 is 1.29 bits per heavy atom. The zero-order valence-electron chi connectivity index (χ0n) is 10.4. The monoisotopic (exact) mass is 222 g/mol. The fraction of sp³-hybridized carbons (Fsp3) is 0.294. The third-order valence-electron chi connectivity index (χ3n) is 4.58. The minimum Gasteiger partial charge on any atom is -0.0622 e. The van der Waals surface area contributed by atoms with Crippen molar-refractivity contribution in [1.82, 2.24) is 0 Å². The summed E-state index contributed by atoms with van der Waals surface area (Å²) in [7, 11) is 0. The van der Waals surface area contributed by atoms with E-state index in [1.807, 2.05) is 0 Å². The Bertz CT molecular complexity index is 449. The van der Waals surface area contributed by atoms with Crippen molar-refractivity contribution in [2.24, 2.45) is 11.8 Å². The zero-order chi connectivity index (χ0) is 11.9. The lowest BCUT2D eigenvalue weighted by Gasteiger charge is -2.19. The first kappa shape index (κ1) is 10.6. The summed E-state index contributed by atoms with van der Waals surface area (Å²) in [4.78, 5) is 0. The summed E-state index contributed by atoms with van der Waals surface area (Å²) in [5, 5.41) is 0. The van der Waals surface area contributed by atoms with Crippen LogP contribution in [-0.4, -0.2) is 0 Å². The van der Waals surface area contributed by atoms with Crippen molar-refractivity contribution in [2.75, 3.05) is 0 Å². The van der Waals surface area contributed by atoms with Crippen LogP contribution in [0.1, 0.15) is 25.0 Å². The van der Waals surface area contributed by atoms with E-state index in [4.69, 9.17) is 0 Å². The summed E-state index contributed by atoms with van der Waals surface area (Å²) in [5.41, 5.74) is 3.18. The number of hydrogen-bond acceptors (Lipinski definition) is 0. The maximum Gasteiger partial charge on any atom is 0.0259 e. The van der Waals surface area contributed by atoms with E-state index < -0.39 is 0 Å². The lowest BCUT2D eigenvalue weighted by molar-refractivity contribution is 0.732. The SMILES string of the molecule is CC1C(C)C1(c1ccccc1)c1ccccc1. The van der Waals surface area contributed by atoms with Crippen molar-refractivity contribution >= 4 is 0 Å². The second kappa shape index (κ2) is 3.73. The van der Waals surface area contributed by atoms with Crippen LogP contribution >= 0.6 is 0 Å². The van der Waals surface area contributed by atoms with Crippen molar-refractivity contribution in [1.29, 1.82) is 0 Å². The maximum absolute atomic E-state index is 2.37. The predicted molar refractivity (Wildman–Crippen MR) is 72.0 cm³/mol. The van der Waals surface area contributed by atoms with Crippen LogP contribution < -0.4 is 0 Å².